The average molecular weight is 337 g/mol. The van der Waals surface area contributed by atoms with E-state index in [1.807, 2.05) is 0 Å². The summed E-state index contributed by atoms with van der Waals surface area (Å²) in [6, 6.07) is 5.06. The van der Waals surface area contributed by atoms with Crippen LogP contribution in [-0.4, -0.2) is 8.42 Å². The van der Waals surface area contributed by atoms with Crippen molar-refractivity contribution in [1.29, 1.82) is 0 Å². The first-order chi connectivity index (χ1) is 10.1. The normalized spacial score (nSPS) is 12.2. The molecule has 0 aromatic heterocycles. The standard InChI is InChI=1S/C13H8F5NO2S/c14-9-4-5-12(11(15)7-9)19-22(20,21)10-3-1-2-8(6-10)13(16,17)18/h1-7,19H. The van der Waals surface area contributed by atoms with Gasteiger partial charge in [-0.1, -0.05) is 6.07 Å². The topological polar surface area (TPSA) is 46.2 Å². The van der Waals surface area contributed by atoms with Crippen molar-refractivity contribution in [2.45, 2.75) is 11.1 Å². The molecule has 0 heterocycles. The van der Waals surface area contributed by atoms with E-state index in [0.717, 1.165) is 24.3 Å². The van der Waals surface area contributed by atoms with Crippen molar-refractivity contribution in [2.75, 3.05) is 4.72 Å². The van der Waals surface area contributed by atoms with Gasteiger partial charge in [0, 0.05) is 6.07 Å². The minimum Gasteiger partial charge on any atom is -0.277 e. The second kappa shape index (κ2) is 5.56. The summed E-state index contributed by atoms with van der Waals surface area (Å²) in [6.07, 6.45) is -4.72. The third-order valence-electron chi connectivity index (χ3n) is 2.65. The summed E-state index contributed by atoms with van der Waals surface area (Å²) < 4.78 is 89.6. The molecule has 118 valence electrons. The number of nitrogens with one attached hydrogen (secondary N) is 1. The second-order valence-corrected chi connectivity index (χ2v) is 5.94. The Hall–Kier alpha value is -2.16. The van der Waals surface area contributed by atoms with Crippen LogP contribution in [-0.2, 0) is 16.2 Å². The molecule has 22 heavy (non-hydrogen) atoms. The molecular weight excluding hydrogens is 329 g/mol. The molecule has 0 spiro atoms. The van der Waals surface area contributed by atoms with Crippen molar-refractivity contribution in [3.63, 3.8) is 0 Å². The summed E-state index contributed by atoms with van der Waals surface area (Å²) in [5, 5.41) is 0. The number of rotatable bonds is 3. The minimum atomic E-state index is -4.72. The highest BCUT2D eigenvalue weighted by Gasteiger charge is 2.31. The number of hydrogen-bond acceptors (Lipinski definition) is 2. The van der Waals surface area contributed by atoms with Crippen LogP contribution in [0.1, 0.15) is 5.56 Å². The van der Waals surface area contributed by atoms with E-state index in [0.29, 0.717) is 18.2 Å². The van der Waals surface area contributed by atoms with E-state index >= 15 is 0 Å². The van der Waals surface area contributed by atoms with Gasteiger partial charge in [-0.25, -0.2) is 17.2 Å². The highest BCUT2D eigenvalue weighted by Crippen LogP contribution is 2.31. The lowest BCUT2D eigenvalue weighted by Gasteiger charge is -2.11. The van der Waals surface area contributed by atoms with E-state index in [4.69, 9.17) is 0 Å². The highest BCUT2D eigenvalue weighted by molar-refractivity contribution is 7.92. The molecule has 0 aliphatic carbocycles. The molecule has 2 rings (SSSR count). The SMILES string of the molecule is O=S(=O)(Nc1ccc(F)cc1F)c1cccc(C(F)(F)F)c1. The lowest BCUT2D eigenvalue weighted by atomic mass is 10.2. The van der Waals surface area contributed by atoms with Crippen LogP contribution in [0.5, 0.6) is 0 Å². The molecule has 0 saturated carbocycles. The van der Waals surface area contributed by atoms with Crippen molar-refractivity contribution in [3.05, 3.63) is 59.7 Å². The first-order valence-corrected chi connectivity index (χ1v) is 7.23. The molecule has 0 saturated heterocycles. The molecule has 0 unspecified atom stereocenters. The Kier molecular flexibility index (Phi) is 4.10. The zero-order chi connectivity index (χ0) is 16.5. The molecule has 0 radical (unpaired) electrons. The lowest BCUT2D eigenvalue weighted by molar-refractivity contribution is -0.137. The van der Waals surface area contributed by atoms with Crippen LogP contribution in [0, 0.1) is 11.6 Å². The summed E-state index contributed by atoms with van der Waals surface area (Å²) >= 11 is 0. The molecule has 3 nitrogen and oxygen atoms in total. The smallest absolute Gasteiger partial charge is 0.277 e. The van der Waals surface area contributed by atoms with Crippen molar-refractivity contribution < 1.29 is 30.4 Å². The summed E-state index contributed by atoms with van der Waals surface area (Å²) in [7, 11) is -4.44. The van der Waals surface area contributed by atoms with Gasteiger partial charge in [0.15, 0.2) is 0 Å². The van der Waals surface area contributed by atoms with Gasteiger partial charge in [0.25, 0.3) is 10.0 Å². The number of halogens is 5. The number of hydrogen-bond donors (Lipinski definition) is 1. The minimum absolute atomic E-state index is 0.420. The van der Waals surface area contributed by atoms with Crippen molar-refractivity contribution in [1.82, 2.24) is 0 Å². The molecule has 0 aliphatic heterocycles. The van der Waals surface area contributed by atoms with E-state index in [-0.39, 0.29) is 0 Å². The van der Waals surface area contributed by atoms with Gasteiger partial charge in [0.05, 0.1) is 16.1 Å². The van der Waals surface area contributed by atoms with E-state index in [1.165, 1.54) is 0 Å². The molecule has 0 fully saturated rings. The van der Waals surface area contributed by atoms with Gasteiger partial charge in [-0.3, -0.25) is 4.72 Å². The fourth-order valence-corrected chi connectivity index (χ4v) is 2.73. The monoisotopic (exact) mass is 337 g/mol. The van der Waals surface area contributed by atoms with Crippen LogP contribution in [0.4, 0.5) is 27.6 Å². The quantitative estimate of drug-likeness (QED) is 0.867. The van der Waals surface area contributed by atoms with Crippen LogP contribution in [0.3, 0.4) is 0 Å². The Morgan fingerprint density at radius 2 is 1.64 bits per heavy atom. The van der Waals surface area contributed by atoms with Gasteiger partial charge in [-0.15, -0.1) is 0 Å². The first kappa shape index (κ1) is 16.2. The van der Waals surface area contributed by atoms with Gasteiger partial charge >= 0.3 is 6.18 Å². The predicted octanol–water partition coefficient (Wildman–Crippen LogP) is 3.78. The average Bonchev–Trinajstić information content (AvgIpc) is 2.41. The third kappa shape index (κ3) is 3.53. The zero-order valence-corrected chi connectivity index (χ0v) is 11.5. The Morgan fingerprint density at radius 1 is 0.955 bits per heavy atom. The number of sulfonamides is 1. The molecule has 0 atom stereocenters. The van der Waals surface area contributed by atoms with Gasteiger partial charge in [0.2, 0.25) is 0 Å². The maximum Gasteiger partial charge on any atom is 0.416 e. The molecular formula is C13H8F5NO2S. The van der Waals surface area contributed by atoms with Gasteiger partial charge in [0.1, 0.15) is 11.6 Å². The van der Waals surface area contributed by atoms with Crippen molar-refractivity contribution >= 4 is 15.7 Å². The molecule has 1 N–H and O–H groups in total. The fourth-order valence-electron chi connectivity index (χ4n) is 1.62. The number of anilines is 1. The zero-order valence-electron chi connectivity index (χ0n) is 10.7. The highest BCUT2D eigenvalue weighted by atomic mass is 32.2. The third-order valence-corrected chi connectivity index (χ3v) is 4.01. The van der Waals surface area contributed by atoms with E-state index in [1.54, 1.807) is 4.72 Å². The van der Waals surface area contributed by atoms with E-state index in [2.05, 4.69) is 0 Å². The molecule has 9 heteroatoms. The largest absolute Gasteiger partial charge is 0.416 e. The van der Waals surface area contributed by atoms with Crippen LogP contribution in [0.15, 0.2) is 47.4 Å². The summed E-state index contributed by atoms with van der Waals surface area (Å²) in [5.74, 6) is -2.10. The molecule has 2 aromatic carbocycles. The summed E-state index contributed by atoms with van der Waals surface area (Å²) in [6.45, 7) is 0. The number of benzene rings is 2. The fraction of sp³-hybridized carbons (Fsp3) is 0.0769. The van der Waals surface area contributed by atoms with Crippen LogP contribution in [0.25, 0.3) is 0 Å². The van der Waals surface area contributed by atoms with Crippen molar-refractivity contribution in [3.8, 4) is 0 Å². The maximum atomic E-state index is 13.4. The molecule has 2 aromatic rings. The van der Waals surface area contributed by atoms with Crippen molar-refractivity contribution in [2.24, 2.45) is 0 Å². The Bertz CT molecular complexity index is 802. The molecule has 0 amide bonds. The van der Waals surface area contributed by atoms with Crippen LogP contribution < -0.4 is 4.72 Å². The predicted molar refractivity (Wildman–Crippen MR) is 68.6 cm³/mol. The van der Waals surface area contributed by atoms with E-state index in [9.17, 15) is 30.4 Å². The Morgan fingerprint density at radius 3 is 2.23 bits per heavy atom. The van der Waals surface area contributed by atoms with Gasteiger partial charge in [-0.2, -0.15) is 13.2 Å². The summed E-state index contributed by atoms with van der Waals surface area (Å²) in [5.41, 5.74) is -1.73. The van der Waals surface area contributed by atoms with E-state index < -0.39 is 44.0 Å². The maximum absolute atomic E-state index is 13.4. The van der Waals surface area contributed by atoms with Crippen LogP contribution in [0.2, 0.25) is 0 Å². The summed E-state index contributed by atoms with van der Waals surface area (Å²) in [4.78, 5) is -0.689. The van der Waals surface area contributed by atoms with Gasteiger partial charge < -0.3 is 0 Å². The van der Waals surface area contributed by atoms with Gasteiger partial charge in [-0.05, 0) is 30.3 Å². The Labute approximate surface area is 122 Å². The van der Waals surface area contributed by atoms with Crippen LogP contribution >= 0.6 is 0 Å². The molecule has 0 bridgehead atoms. The molecule has 0 aliphatic rings. The first-order valence-electron chi connectivity index (χ1n) is 5.75. The lowest BCUT2D eigenvalue weighted by Crippen LogP contribution is -2.15. The number of alkyl halides is 3. The Balaban J connectivity index is 2.39. The second-order valence-electron chi connectivity index (χ2n) is 4.26.